The van der Waals surface area contributed by atoms with Crippen molar-refractivity contribution in [2.75, 3.05) is 20.2 Å². The van der Waals surface area contributed by atoms with Gasteiger partial charge in [-0.3, -0.25) is 4.90 Å². The van der Waals surface area contributed by atoms with Gasteiger partial charge < -0.3 is 10.1 Å². The van der Waals surface area contributed by atoms with Crippen LogP contribution in [0.4, 0.5) is 0 Å². The van der Waals surface area contributed by atoms with Crippen LogP contribution in [-0.2, 0) is 4.74 Å². The Balaban J connectivity index is 2.00. The topological polar surface area (TPSA) is 24.5 Å². The lowest BCUT2D eigenvalue weighted by molar-refractivity contribution is -0.0747. The molecule has 0 aliphatic carbocycles. The van der Waals surface area contributed by atoms with Gasteiger partial charge in [0.2, 0.25) is 0 Å². The molecule has 0 radical (unpaired) electrons. The first kappa shape index (κ1) is 14.3. The van der Waals surface area contributed by atoms with Gasteiger partial charge in [-0.05, 0) is 53.5 Å². The average molecular weight is 254 g/mol. The molecule has 2 heterocycles. The van der Waals surface area contributed by atoms with E-state index in [2.05, 4.69) is 38.0 Å². The predicted molar refractivity (Wildman–Crippen MR) is 75.9 cm³/mol. The van der Waals surface area contributed by atoms with Crippen LogP contribution >= 0.6 is 0 Å². The van der Waals surface area contributed by atoms with Crippen molar-refractivity contribution in [3.63, 3.8) is 0 Å². The molecular formula is C15H30N2O. The van der Waals surface area contributed by atoms with Crippen LogP contribution in [0.15, 0.2) is 0 Å². The van der Waals surface area contributed by atoms with Gasteiger partial charge in [0.1, 0.15) is 0 Å². The molecule has 0 aromatic rings. The molecule has 2 fully saturated rings. The molecule has 0 aromatic heterocycles. The van der Waals surface area contributed by atoms with Gasteiger partial charge in [-0.1, -0.05) is 6.42 Å². The molecule has 2 atom stereocenters. The Hall–Kier alpha value is -0.120. The summed E-state index contributed by atoms with van der Waals surface area (Å²) in [6, 6.07) is 2.27. The number of piperidine rings is 2. The van der Waals surface area contributed by atoms with Crippen LogP contribution in [0, 0.1) is 0 Å². The zero-order valence-corrected chi connectivity index (χ0v) is 12.5. The zero-order valence-electron chi connectivity index (χ0n) is 12.5. The van der Waals surface area contributed by atoms with E-state index < -0.39 is 0 Å². The van der Waals surface area contributed by atoms with Gasteiger partial charge in [-0.25, -0.2) is 0 Å². The van der Waals surface area contributed by atoms with E-state index >= 15 is 0 Å². The summed E-state index contributed by atoms with van der Waals surface area (Å²) in [5, 5.41) is 3.48. The fourth-order valence-electron chi connectivity index (χ4n) is 3.85. The standard InChI is InChI=1S/C15H30N2O/c1-5-18-15(2,3)11-17-13-7-6-8-14(17)10-12(9-13)16-4/h12-14,16H,5-11H2,1-4H3. The molecule has 3 nitrogen and oxygen atoms in total. The van der Waals surface area contributed by atoms with E-state index in [0.717, 1.165) is 31.3 Å². The van der Waals surface area contributed by atoms with Crippen LogP contribution in [-0.4, -0.2) is 48.8 Å². The second kappa shape index (κ2) is 5.89. The first-order valence-electron chi connectivity index (χ1n) is 7.62. The summed E-state index contributed by atoms with van der Waals surface area (Å²) in [4.78, 5) is 2.74. The summed E-state index contributed by atoms with van der Waals surface area (Å²) in [5.74, 6) is 0. The van der Waals surface area contributed by atoms with Crippen LogP contribution in [0.25, 0.3) is 0 Å². The molecule has 3 heteroatoms. The monoisotopic (exact) mass is 254 g/mol. The minimum Gasteiger partial charge on any atom is -0.375 e. The third-order valence-corrected chi connectivity index (χ3v) is 4.63. The highest BCUT2D eigenvalue weighted by atomic mass is 16.5. The van der Waals surface area contributed by atoms with Gasteiger partial charge in [-0.2, -0.15) is 0 Å². The lowest BCUT2D eigenvalue weighted by Gasteiger charge is -2.51. The molecule has 0 aromatic carbocycles. The first-order chi connectivity index (χ1) is 8.55. The van der Waals surface area contributed by atoms with Crippen molar-refractivity contribution in [3.8, 4) is 0 Å². The highest BCUT2D eigenvalue weighted by Gasteiger charge is 2.40. The van der Waals surface area contributed by atoms with Crippen LogP contribution in [0.1, 0.15) is 52.9 Å². The molecule has 106 valence electrons. The Morgan fingerprint density at radius 2 is 1.83 bits per heavy atom. The van der Waals surface area contributed by atoms with Crippen molar-refractivity contribution < 1.29 is 4.74 Å². The van der Waals surface area contributed by atoms with Crippen molar-refractivity contribution in [1.29, 1.82) is 0 Å². The van der Waals surface area contributed by atoms with Crippen molar-refractivity contribution in [3.05, 3.63) is 0 Å². The highest BCUT2D eigenvalue weighted by Crippen LogP contribution is 2.35. The number of rotatable bonds is 5. The van der Waals surface area contributed by atoms with E-state index in [4.69, 9.17) is 4.74 Å². The number of nitrogens with zero attached hydrogens (tertiary/aromatic N) is 1. The van der Waals surface area contributed by atoms with E-state index in [9.17, 15) is 0 Å². The second-order valence-electron chi connectivity index (χ2n) is 6.56. The Labute approximate surface area is 112 Å². The van der Waals surface area contributed by atoms with Crippen LogP contribution in [0.2, 0.25) is 0 Å². The quantitative estimate of drug-likeness (QED) is 0.815. The fourth-order valence-corrected chi connectivity index (χ4v) is 3.85. The highest BCUT2D eigenvalue weighted by molar-refractivity contribution is 4.96. The lowest BCUT2D eigenvalue weighted by atomic mass is 9.81. The summed E-state index contributed by atoms with van der Waals surface area (Å²) in [6.07, 6.45) is 6.79. The zero-order chi connectivity index (χ0) is 13.2. The van der Waals surface area contributed by atoms with Crippen molar-refractivity contribution in [2.45, 2.75) is 76.6 Å². The molecule has 1 N–H and O–H groups in total. The summed E-state index contributed by atoms with van der Waals surface area (Å²) < 4.78 is 5.89. The maximum Gasteiger partial charge on any atom is 0.0752 e. The van der Waals surface area contributed by atoms with Crippen LogP contribution in [0.5, 0.6) is 0 Å². The molecule has 2 saturated heterocycles. The summed E-state index contributed by atoms with van der Waals surface area (Å²) in [7, 11) is 2.11. The summed E-state index contributed by atoms with van der Waals surface area (Å²) in [5.41, 5.74) is -0.00489. The van der Waals surface area contributed by atoms with Crippen LogP contribution < -0.4 is 5.32 Å². The molecule has 18 heavy (non-hydrogen) atoms. The molecule has 0 spiro atoms. The Bertz CT molecular complexity index is 253. The molecule has 2 bridgehead atoms. The normalized spacial score (nSPS) is 33.7. The Morgan fingerprint density at radius 1 is 1.22 bits per heavy atom. The number of fused-ring (bicyclic) bond motifs is 2. The predicted octanol–water partition coefficient (Wildman–Crippen LogP) is 2.41. The smallest absolute Gasteiger partial charge is 0.0752 e. The van der Waals surface area contributed by atoms with E-state index in [0.29, 0.717) is 0 Å². The lowest BCUT2D eigenvalue weighted by Crippen LogP contribution is -2.59. The Morgan fingerprint density at radius 3 is 2.33 bits per heavy atom. The van der Waals surface area contributed by atoms with E-state index in [1.807, 2.05) is 0 Å². The number of ether oxygens (including phenoxy) is 1. The van der Waals surface area contributed by atoms with Gasteiger partial charge in [0.05, 0.1) is 5.60 Å². The molecule has 2 rings (SSSR count). The number of nitrogens with one attached hydrogen (secondary N) is 1. The van der Waals surface area contributed by atoms with Gasteiger partial charge in [0.25, 0.3) is 0 Å². The minimum atomic E-state index is -0.00489. The van der Waals surface area contributed by atoms with E-state index in [1.54, 1.807) is 0 Å². The fraction of sp³-hybridized carbons (Fsp3) is 1.00. The number of hydrogen-bond acceptors (Lipinski definition) is 3. The van der Waals surface area contributed by atoms with E-state index in [1.165, 1.54) is 32.1 Å². The van der Waals surface area contributed by atoms with Gasteiger partial charge in [0, 0.05) is 31.3 Å². The second-order valence-corrected chi connectivity index (χ2v) is 6.56. The molecule has 2 aliphatic rings. The minimum absolute atomic E-state index is 0.00489. The first-order valence-corrected chi connectivity index (χ1v) is 7.62. The van der Waals surface area contributed by atoms with Gasteiger partial charge in [0.15, 0.2) is 0 Å². The average Bonchev–Trinajstić information content (AvgIpc) is 2.27. The molecule has 0 saturated carbocycles. The van der Waals surface area contributed by atoms with E-state index in [-0.39, 0.29) is 5.60 Å². The summed E-state index contributed by atoms with van der Waals surface area (Å²) >= 11 is 0. The van der Waals surface area contributed by atoms with Crippen molar-refractivity contribution in [2.24, 2.45) is 0 Å². The van der Waals surface area contributed by atoms with Crippen molar-refractivity contribution >= 4 is 0 Å². The molecular weight excluding hydrogens is 224 g/mol. The molecule has 0 amide bonds. The maximum atomic E-state index is 5.89. The third kappa shape index (κ3) is 3.25. The van der Waals surface area contributed by atoms with Crippen LogP contribution in [0.3, 0.4) is 0 Å². The third-order valence-electron chi connectivity index (χ3n) is 4.63. The number of hydrogen-bond donors (Lipinski definition) is 1. The van der Waals surface area contributed by atoms with Gasteiger partial charge in [-0.15, -0.1) is 0 Å². The maximum absolute atomic E-state index is 5.89. The molecule has 2 unspecified atom stereocenters. The SMILES string of the molecule is CCOC(C)(C)CN1C2CCCC1CC(NC)C2. The van der Waals surface area contributed by atoms with Gasteiger partial charge >= 0.3 is 0 Å². The summed E-state index contributed by atoms with van der Waals surface area (Å²) in [6.45, 7) is 8.46. The largest absolute Gasteiger partial charge is 0.375 e. The Kier molecular flexibility index (Phi) is 4.68. The molecule has 2 aliphatic heterocycles. The van der Waals surface area contributed by atoms with Crippen molar-refractivity contribution in [1.82, 2.24) is 10.2 Å².